The second kappa shape index (κ2) is 39.3. The van der Waals surface area contributed by atoms with Crippen molar-refractivity contribution in [3.8, 4) is 0 Å². The van der Waals surface area contributed by atoms with E-state index in [9.17, 15) is 153 Å². The lowest BCUT2D eigenvalue weighted by Gasteiger charge is -2.49. The summed E-state index contributed by atoms with van der Waals surface area (Å²) in [6.07, 6.45) is -86.6. The zero-order valence-corrected chi connectivity index (χ0v) is 56.3. The molecular weight excluding hydrogens is 1460 g/mol. The Hall–Kier alpha value is -2.82. The van der Waals surface area contributed by atoms with Crippen LogP contribution in [0.4, 0.5) is 0 Å². The molecule has 8 fully saturated rings. The number of hydrogen-bond acceptors (Lipinski definition) is 46. The number of nitrogens with one attached hydrogen (secondary N) is 2. The third-order valence-electron chi connectivity index (χ3n) is 19.2. The van der Waals surface area contributed by atoms with E-state index in [-0.39, 0.29) is 0 Å². The van der Waals surface area contributed by atoms with E-state index in [0.717, 1.165) is 13.8 Å². The van der Waals surface area contributed by atoms with Gasteiger partial charge in [0.05, 0.1) is 72.1 Å². The molecule has 8 saturated heterocycles. The predicted octanol–water partition coefficient (Wildman–Crippen LogP) is -20.7. The van der Waals surface area contributed by atoms with Crippen molar-refractivity contribution in [3.05, 3.63) is 0 Å². The second-order valence-electron chi connectivity index (χ2n) is 26.5. The summed E-state index contributed by atoms with van der Waals surface area (Å²) in [5, 5.41) is 308. The summed E-state index contributed by atoms with van der Waals surface area (Å²) in [5.41, 5.74) is 0. The van der Waals surface area contributed by atoms with Gasteiger partial charge in [-0.1, -0.05) is 0 Å². The van der Waals surface area contributed by atoms with Crippen LogP contribution in [0.15, 0.2) is 0 Å². The van der Waals surface area contributed by atoms with Crippen molar-refractivity contribution in [3.63, 3.8) is 0 Å². The Bertz CT molecular complexity index is 2660. The van der Waals surface area contributed by atoms with Gasteiger partial charge in [0.2, 0.25) is 11.8 Å². The lowest BCUT2D eigenvalue weighted by molar-refractivity contribution is -0.397. The first-order chi connectivity index (χ1) is 50.1. The van der Waals surface area contributed by atoms with Crippen LogP contribution in [0.5, 0.6) is 0 Å². The Kier molecular flexibility index (Phi) is 32.9. The van der Waals surface area contributed by atoms with Gasteiger partial charge in [0.25, 0.3) is 0 Å². The maximum Gasteiger partial charge on any atom is 0.217 e. The standard InChI is InChI=1S/C58H100N2O46/c1-13(69)59-15(3-61)26(72)45(16(71)4-62)101-51-25(60-14(2)70)34(80)46(22(10-68)98-51)102-56-44(90)48(33(79)21(9-67)95-56)104-55-42(88)36(82)30(76)23(99-55)11-91-52-43(89)47(32(78)20(8-66)93-52)103-54-41(87)37(83)31(77)24(100-54)12-92-57-49(38(84)28(74)18(6-64)96-57)106-58-50(39(85)29(75)19(7-65)97-58)105-53-40(86)35(81)27(73)17(5-63)94-53/h15-58,61-68,71-90H,3-12H2,1-2H3,(H,59,69)(H,60,70)/t15-,16+,17+,18+,19+,20+,21+,22+,23+,24+,25+,26+,27+,28+,29+,30+,31+,32+,33+,34+,35-,36-,37-,38-,39-,40-,41-,42-,43-,44-,45+,46+,47-,48-,49-,50-,51-,52-,53+,54+,55+,56-,57-,58+/m0/s1. The lowest BCUT2D eigenvalue weighted by atomic mass is 9.94. The number of carbonyl (C=O) groups excluding carboxylic acids is 2. The van der Waals surface area contributed by atoms with Gasteiger partial charge in [-0.15, -0.1) is 0 Å². The Morgan fingerprint density at radius 2 is 0.651 bits per heavy atom. The van der Waals surface area contributed by atoms with Gasteiger partial charge < -0.3 is 229 Å². The Morgan fingerprint density at radius 1 is 0.321 bits per heavy atom. The van der Waals surface area contributed by atoms with Crippen molar-refractivity contribution in [2.75, 3.05) is 66.1 Å². The fraction of sp³-hybridized carbons (Fsp3) is 0.966. The van der Waals surface area contributed by atoms with Crippen LogP contribution in [0.25, 0.3) is 0 Å². The Morgan fingerprint density at radius 3 is 1.08 bits per heavy atom. The average Bonchev–Trinajstić information content (AvgIpc) is 0.776. The van der Waals surface area contributed by atoms with Crippen LogP contribution in [0, 0.1) is 0 Å². The van der Waals surface area contributed by atoms with Crippen LogP contribution in [0.1, 0.15) is 13.8 Å². The van der Waals surface area contributed by atoms with Gasteiger partial charge in [0, 0.05) is 13.8 Å². The van der Waals surface area contributed by atoms with E-state index in [0.29, 0.717) is 0 Å². The number of aliphatic hydroxyl groups is 28. The van der Waals surface area contributed by atoms with Gasteiger partial charge in [-0.2, -0.15) is 0 Å². The molecule has 48 heteroatoms. The van der Waals surface area contributed by atoms with Gasteiger partial charge in [0.15, 0.2) is 50.3 Å². The van der Waals surface area contributed by atoms with Gasteiger partial charge in [-0.25, -0.2) is 0 Å². The minimum Gasteiger partial charge on any atom is -0.394 e. The maximum atomic E-state index is 12.5. The largest absolute Gasteiger partial charge is 0.394 e. The molecule has 0 saturated carbocycles. The van der Waals surface area contributed by atoms with E-state index >= 15 is 0 Å². The van der Waals surface area contributed by atoms with E-state index in [2.05, 4.69) is 10.6 Å². The molecule has 0 aromatic carbocycles. The summed E-state index contributed by atoms with van der Waals surface area (Å²) in [6, 6.07) is -3.37. The molecule has 0 aromatic heterocycles. The van der Waals surface area contributed by atoms with Gasteiger partial charge in [0.1, 0.15) is 214 Å². The number of carbonyl (C=O) groups is 2. The van der Waals surface area contributed by atoms with Crippen molar-refractivity contribution in [2.45, 2.75) is 284 Å². The summed E-state index contributed by atoms with van der Waals surface area (Å²) in [4.78, 5) is 24.4. The van der Waals surface area contributed by atoms with Crippen LogP contribution in [0.2, 0.25) is 0 Å². The fourth-order valence-electron chi connectivity index (χ4n) is 13.1. The molecule has 0 bridgehead atoms. The van der Waals surface area contributed by atoms with Crippen molar-refractivity contribution in [2.24, 2.45) is 0 Å². The molecule has 618 valence electrons. The maximum absolute atomic E-state index is 12.5. The minimum atomic E-state index is -2.33. The van der Waals surface area contributed by atoms with Gasteiger partial charge in [-0.3, -0.25) is 9.59 Å². The Balaban J connectivity index is 0.935. The molecule has 48 nitrogen and oxygen atoms in total. The zero-order chi connectivity index (χ0) is 78.4. The molecule has 0 aromatic rings. The third kappa shape index (κ3) is 19.7. The van der Waals surface area contributed by atoms with Crippen LogP contribution in [-0.2, 0) is 85.4 Å². The van der Waals surface area contributed by atoms with E-state index in [1.54, 1.807) is 0 Å². The molecule has 0 radical (unpaired) electrons. The fourth-order valence-corrected chi connectivity index (χ4v) is 13.1. The molecule has 8 rings (SSSR count). The molecule has 0 aliphatic carbocycles. The van der Waals surface area contributed by atoms with Crippen LogP contribution >= 0.6 is 0 Å². The quantitative estimate of drug-likeness (QED) is 0.0306. The summed E-state index contributed by atoms with van der Waals surface area (Å²) < 4.78 is 91.5. The summed E-state index contributed by atoms with van der Waals surface area (Å²) in [7, 11) is 0. The number of hydrogen-bond donors (Lipinski definition) is 30. The minimum absolute atomic E-state index is 0.759. The molecule has 2 amide bonds. The highest BCUT2D eigenvalue weighted by molar-refractivity contribution is 5.73. The molecule has 8 heterocycles. The molecular formula is C58H100N2O46. The monoisotopic (exact) mass is 1560 g/mol. The predicted molar refractivity (Wildman–Crippen MR) is 322 cm³/mol. The molecule has 30 N–H and O–H groups in total. The molecule has 44 atom stereocenters. The summed E-state index contributed by atoms with van der Waals surface area (Å²) >= 11 is 0. The van der Waals surface area contributed by atoms with Crippen molar-refractivity contribution < 1.29 is 228 Å². The SMILES string of the molecule is CC(=O)N[C@H]1[C@H](O[C@@H]([C@H](O)[C@H](CO)NC(C)=O)[C@H](O)CO)O[C@H](CO)[C@@H](O[C@@H]2O[C@H](CO)[C@@H](O)[C@H](O[C@H]3O[C@H](CO[C@H]4O[C@H](CO)[C@@H](O)[C@H](O[C@H]5O[C@H](CO[C@H]6O[C@H](CO)[C@@H](O)[C@H](O)[C@@H]6O[C@H]6O[C@H](CO)[C@@H](O)[C@H](O)[C@@H]6O[C@H]6O[C@H](CO)[C@@H](O)[C@H](O)[C@@H]6O)[C@@H](O)[C@H](O)[C@@H]5O)[C@@H]4O)[C@@H](O)[C@H](O)[C@@H]3O)[C@@H]2O)[C@@H]1O. The van der Waals surface area contributed by atoms with Gasteiger partial charge >= 0.3 is 0 Å². The first-order valence-electron chi connectivity index (χ1n) is 33.6. The van der Waals surface area contributed by atoms with Crippen LogP contribution < -0.4 is 10.6 Å². The number of rotatable bonds is 31. The molecule has 106 heavy (non-hydrogen) atoms. The third-order valence-corrected chi connectivity index (χ3v) is 19.2. The normalized spacial score (nSPS) is 48.0. The average molecular weight is 1560 g/mol. The van der Waals surface area contributed by atoms with Crippen LogP contribution in [0.3, 0.4) is 0 Å². The van der Waals surface area contributed by atoms with Gasteiger partial charge in [-0.05, 0) is 0 Å². The van der Waals surface area contributed by atoms with Crippen molar-refractivity contribution in [1.82, 2.24) is 10.6 Å². The highest BCUT2D eigenvalue weighted by Gasteiger charge is 2.59. The van der Waals surface area contributed by atoms with E-state index in [4.69, 9.17) is 75.8 Å². The summed E-state index contributed by atoms with van der Waals surface area (Å²) in [5.74, 6) is -1.65. The van der Waals surface area contributed by atoms with Crippen molar-refractivity contribution >= 4 is 11.8 Å². The number of amides is 2. The molecule has 8 aliphatic heterocycles. The number of aliphatic hydroxyl groups excluding tert-OH is 28. The van der Waals surface area contributed by atoms with E-state index in [1.807, 2.05) is 0 Å². The summed E-state index contributed by atoms with van der Waals surface area (Å²) in [6.45, 7) is -8.44. The molecule has 8 aliphatic rings. The molecule has 0 unspecified atom stereocenters. The smallest absolute Gasteiger partial charge is 0.217 e. The number of ether oxygens (including phenoxy) is 16. The first-order valence-corrected chi connectivity index (χ1v) is 33.6. The lowest BCUT2D eigenvalue weighted by Crippen LogP contribution is -2.69. The van der Waals surface area contributed by atoms with E-state index < -0.39 is 348 Å². The Labute approximate surface area is 599 Å². The highest BCUT2D eigenvalue weighted by atomic mass is 16.8. The van der Waals surface area contributed by atoms with Crippen LogP contribution in [-0.4, -0.2) is 491 Å². The zero-order valence-electron chi connectivity index (χ0n) is 56.3. The molecule has 0 spiro atoms. The van der Waals surface area contributed by atoms with Crippen molar-refractivity contribution in [1.29, 1.82) is 0 Å². The topological polar surface area (TPSA) is 772 Å². The van der Waals surface area contributed by atoms with E-state index in [1.165, 1.54) is 0 Å². The first kappa shape index (κ1) is 88.7. The highest BCUT2D eigenvalue weighted by Crippen LogP contribution is 2.38. The second-order valence-corrected chi connectivity index (χ2v) is 26.5.